The van der Waals surface area contributed by atoms with E-state index in [0.29, 0.717) is 28.3 Å². The zero-order valence-corrected chi connectivity index (χ0v) is 15.2. The molecule has 2 amide bonds. The summed E-state index contributed by atoms with van der Waals surface area (Å²) >= 11 is 0. The third-order valence-electron chi connectivity index (χ3n) is 4.12. The average molecular weight is 360 g/mol. The predicted molar refractivity (Wildman–Crippen MR) is 107 cm³/mol. The lowest BCUT2D eigenvalue weighted by Crippen LogP contribution is -2.14. The SMILES string of the molecule is COc1ccccc1C(=O)Nc1ccc(NC(=O)c2ccccc2)c(C)c1. The molecule has 0 atom stereocenters. The fourth-order valence-electron chi connectivity index (χ4n) is 2.70. The van der Waals surface area contributed by atoms with Crippen LogP contribution in [-0.4, -0.2) is 18.9 Å². The normalized spacial score (nSPS) is 10.1. The smallest absolute Gasteiger partial charge is 0.259 e. The fourth-order valence-corrected chi connectivity index (χ4v) is 2.70. The first-order valence-corrected chi connectivity index (χ1v) is 8.50. The summed E-state index contributed by atoms with van der Waals surface area (Å²) in [5.74, 6) is 0.0795. The summed E-state index contributed by atoms with van der Waals surface area (Å²) in [4.78, 5) is 24.8. The Hall–Kier alpha value is -3.60. The van der Waals surface area contributed by atoms with Crippen LogP contribution in [0.3, 0.4) is 0 Å². The van der Waals surface area contributed by atoms with Crippen molar-refractivity contribution in [1.29, 1.82) is 0 Å². The molecular formula is C22H20N2O3. The third-order valence-corrected chi connectivity index (χ3v) is 4.12. The number of hydrogen-bond acceptors (Lipinski definition) is 3. The summed E-state index contributed by atoms with van der Waals surface area (Å²) in [6.07, 6.45) is 0. The zero-order chi connectivity index (χ0) is 19.2. The summed E-state index contributed by atoms with van der Waals surface area (Å²) in [6.45, 7) is 1.87. The second-order valence-corrected chi connectivity index (χ2v) is 6.00. The van der Waals surface area contributed by atoms with Crippen molar-refractivity contribution in [2.45, 2.75) is 6.92 Å². The Morgan fingerprint density at radius 3 is 2.22 bits per heavy atom. The molecule has 0 bridgehead atoms. The molecular weight excluding hydrogens is 340 g/mol. The van der Waals surface area contributed by atoms with E-state index in [4.69, 9.17) is 4.74 Å². The van der Waals surface area contributed by atoms with Crippen LogP contribution in [0.2, 0.25) is 0 Å². The maximum absolute atomic E-state index is 12.5. The molecule has 0 aliphatic carbocycles. The molecule has 136 valence electrons. The molecule has 0 aromatic heterocycles. The Morgan fingerprint density at radius 1 is 0.815 bits per heavy atom. The van der Waals surface area contributed by atoms with Crippen molar-refractivity contribution in [2.24, 2.45) is 0 Å². The lowest BCUT2D eigenvalue weighted by atomic mass is 10.1. The minimum Gasteiger partial charge on any atom is -0.496 e. The quantitative estimate of drug-likeness (QED) is 0.703. The van der Waals surface area contributed by atoms with E-state index in [1.807, 2.05) is 37.3 Å². The number of hydrogen-bond donors (Lipinski definition) is 2. The van der Waals surface area contributed by atoms with Crippen LogP contribution >= 0.6 is 0 Å². The van der Waals surface area contributed by atoms with Gasteiger partial charge in [0.25, 0.3) is 11.8 Å². The van der Waals surface area contributed by atoms with Gasteiger partial charge in [-0.2, -0.15) is 0 Å². The van der Waals surface area contributed by atoms with Gasteiger partial charge in [0, 0.05) is 16.9 Å². The van der Waals surface area contributed by atoms with Crippen molar-refractivity contribution in [1.82, 2.24) is 0 Å². The Balaban J connectivity index is 1.73. The van der Waals surface area contributed by atoms with Gasteiger partial charge in [-0.25, -0.2) is 0 Å². The number of anilines is 2. The van der Waals surface area contributed by atoms with Crippen molar-refractivity contribution in [2.75, 3.05) is 17.7 Å². The lowest BCUT2D eigenvalue weighted by Gasteiger charge is -2.12. The Kier molecular flexibility index (Phi) is 5.52. The molecule has 0 saturated heterocycles. The van der Waals surface area contributed by atoms with Gasteiger partial charge in [-0.1, -0.05) is 30.3 Å². The number of nitrogens with one attached hydrogen (secondary N) is 2. The maximum Gasteiger partial charge on any atom is 0.259 e. The molecule has 0 fully saturated rings. The lowest BCUT2D eigenvalue weighted by molar-refractivity contribution is 0.101. The standard InChI is InChI=1S/C22H20N2O3/c1-15-14-17(23-22(26)18-10-6-7-11-20(18)27-2)12-13-19(15)24-21(25)16-8-4-3-5-9-16/h3-14H,1-2H3,(H,23,26)(H,24,25). The number of para-hydroxylation sites is 1. The first kappa shape index (κ1) is 18.2. The maximum atomic E-state index is 12.5. The van der Waals surface area contributed by atoms with Gasteiger partial charge in [-0.05, 0) is 55.0 Å². The molecule has 0 aliphatic heterocycles. The number of ether oxygens (including phenoxy) is 1. The molecule has 5 nitrogen and oxygen atoms in total. The molecule has 0 radical (unpaired) electrons. The highest BCUT2D eigenvalue weighted by atomic mass is 16.5. The zero-order valence-electron chi connectivity index (χ0n) is 15.2. The van der Waals surface area contributed by atoms with Gasteiger partial charge < -0.3 is 15.4 Å². The van der Waals surface area contributed by atoms with E-state index in [2.05, 4.69) is 10.6 Å². The number of rotatable bonds is 5. The topological polar surface area (TPSA) is 67.4 Å². The van der Waals surface area contributed by atoms with E-state index < -0.39 is 0 Å². The predicted octanol–water partition coefficient (Wildman–Crippen LogP) is 4.51. The number of carbonyl (C=O) groups is 2. The van der Waals surface area contributed by atoms with Crippen LogP contribution in [0.5, 0.6) is 5.75 Å². The third kappa shape index (κ3) is 4.33. The van der Waals surface area contributed by atoms with E-state index in [-0.39, 0.29) is 11.8 Å². The van der Waals surface area contributed by atoms with Crippen molar-refractivity contribution < 1.29 is 14.3 Å². The molecule has 3 aromatic carbocycles. The molecule has 0 heterocycles. The molecule has 2 N–H and O–H groups in total. The number of amides is 2. The van der Waals surface area contributed by atoms with Gasteiger partial charge in [0.15, 0.2) is 0 Å². The van der Waals surface area contributed by atoms with Gasteiger partial charge in [0.1, 0.15) is 5.75 Å². The van der Waals surface area contributed by atoms with Gasteiger partial charge in [-0.15, -0.1) is 0 Å². The minimum atomic E-state index is -0.257. The Bertz CT molecular complexity index is 968. The number of aryl methyl sites for hydroxylation is 1. The largest absolute Gasteiger partial charge is 0.496 e. The van der Waals surface area contributed by atoms with Gasteiger partial charge in [0.05, 0.1) is 12.7 Å². The second-order valence-electron chi connectivity index (χ2n) is 6.00. The molecule has 3 aromatic rings. The number of benzene rings is 3. The molecule has 0 saturated carbocycles. The van der Waals surface area contributed by atoms with E-state index >= 15 is 0 Å². The highest BCUT2D eigenvalue weighted by Crippen LogP contribution is 2.23. The first-order valence-electron chi connectivity index (χ1n) is 8.50. The minimum absolute atomic E-state index is 0.176. The number of carbonyl (C=O) groups excluding carboxylic acids is 2. The Labute approximate surface area is 158 Å². The van der Waals surface area contributed by atoms with Crippen LogP contribution in [-0.2, 0) is 0 Å². The first-order chi connectivity index (χ1) is 13.1. The van der Waals surface area contributed by atoms with Crippen LogP contribution in [0.4, 0.5) is 11.4 Å². The van der Waals surface area contributed by atoms with E-state index in [9.17, 15) is 9.59 Å². The molecule has 3 rings (SSSR count). The van der Waals surface area contributed by atoms with Crippen LogP contribution in [0.1, 0.15) is 26.3 Å². The van der Waals surface area contributed by atoms with Gasteiger partial charge in [-0.3, -0.25) is 9.59 Å². The van der Waals surface area contributed by atoms with Crippen molar-refractivity contribution >= 4 is 23.2 Å². The van der Waals surface area contributed by atoms with Gasteiger partial charge in [0.2, 0.25) is 0 Å². The van der Waals surface area contributed by atoms with E-state index in [1.165, 1.54) is 7.11 Å². The molecule has 27 heavy (non-hydrogen) atoms. The summed E-state index contributed by atoms with van der Waals surface area (Å²) in [7, 11) is 1.53. The van der Waals surface area contributed by atoms with Crippen LogP contribution in [0.25, 0.3) is 0 Å². The summed E-state index contributed by atoms with van der Waals surface area (Å²) in [5.41, 5.74) is 3.22. The number of methoxy groups -OCH3 is 1. The van der Waals surface area contributed by atoms with Gasteiger partial charge >= 0.3 is 0 Å². The van der Waals surface area contributed by atoms with E-state index in [1.54, 1.807) is 42.5 Å². The average Bonchev–Trinajstić information content (AvgIpc) is 2.70. The van der Waals surface area contributed by atoms with Crippen LogP contribution in [0.15, 0.2) is 72.8 Å². The molecule has 0 unspecified atom stereocenters. The summed E-state index contributed by atoms with van der Waals surface area (Å²) < 4.78 is 5.22. The fraction of sp³-hybridized carbons (Fsp3) is 0.0909. The van der Waals surface area contributed by atoms with Crippen LogP contribution in [0, 0.1) is 6.92 Å². The molecule has 5 heteroatoms. The molecule has 0 aliphatic rings. The van der Waals surface area contributed by atoms with Crippen molar-refractivity contribution in [3.63, 3.8) is 0 Å². The summed E-state index contributed by atoms with van der Waals surface area (Å²) in [6, 6.07) is 21.4. The van der Waals surface area contributed by atoms with Crippen molar-refractivity contribution in [3.8, 4) is 5.75 Å². The second kappa shape index (κ2) is 8.19. The van der Waals surface area contributed by atoms with E-state index in [0.717, 1.165) is 5.56 Å². The molecule has 0 spiro atoms. The van der Waals surface area contributed by atoms with Crippen molar-refractivity contribution in [3.05, 3.63) is 89.5 Å². The Morgan fingerprint density at radius 2 is 1.52 bits per heavy atom. The van der Waals surface area contributed by atoms with Crippen LogP contribution < -0.4 is 15.4 Å². The summed E-state index contributed by atoms with van der Waals surface area (Å²) in [5, 5.41) is 5.74. The highest BCUT2D eigenvalue weighted by molar-refractivity contribution is 6.07. The highest BCUT2D eigenvalue weighted by Gasteiger charge is 2.13. The monoisotopic (exact) mass is 360 g/mol.